The number of fused-ring (bicyclic) bond motifs is 1. The maximum absolute atomic E-state index is 11.9. The van der Waals surface area contributed by atoms with Crippen molar-refractivity contribution in [3.05, 3.63) is 12.7 Å². The first kappa shape index (κ1) is 9.44. The summed E-state index contributed by atoms with van der Waals surface area (Å²) in [7, 11) is 0. The average molecular weight is 192 g/mol. The zero-order valence-corrected chi connectivity index (χ0v) is 8.71. The summed E-state index contributed by atoms with van der Waals surface area (Å²) in [5.41, 5.74) is 3.97. The van der Waals surface area contributed by atoms with Crippen LogP contribution in [-0.4, -0.2) is 17.5 Å². The standard InChI is InChI=1S/C11H16N2O/c1-4-7-10-8(13-12-7)5-11(2,3)6-9(10)14/h4,8,10,13H,1,5-6H2,2-3H3. The van der Waals surface area contributed by atoms with Crippen LogP contribution in [0.2, 0.25) is 0 Å². The molecule has 0 aromatic heterocycles. The van der Waals surface area contributed by atoms with Crippen LogP contribution in [0.15, 0.2) is 17.8 Å². The van der Waals surface area contributed by atoms with Gasteiger partial charge in [-0.1, -0.05) is 20.4 Å². The highest BCUT2D eigenvalue weighted by molar-refractivity contribution is 6.12. The van der Waals surface area contributed by atoms with Crippen LogP contribution < -0.4 is 5.43 Å². The smallest absolute Gasteiger partial charge is 0.144 e. The Morgan fingerprint density at radius 3 is 3.00 bits per heavy atom. The van der Waals surface area contributed by atoms with Gasteiger partial charge in [0.2, 0.25) is 0 Å². The van der Waals surface area contributed by atoms with Gasteiger partial charge in [0, 0.05) is 6.42 Å². The molecule has 14 heavy (non-hydrogen) atoms. The van der Waals surface area contributed by atoms with E-state index in [1.165, 1.54) is 0 Å². The Hall–Kier alpha value is -1.12. The third-order valence-electron chi connectivity index (χ3n) is 3.06. The molecule has 0 radical (unpaired) electrons. The molecule has 2 rings (SSSR count). The van der Waals surface area contributed by atoms with Crippen LogP contribution in [-0.2, 0) is 4.79 Å². The second-order valence-electron chi connectivity index (χ2n) is 4.97. The molecule has 1 fully saturated rings. The van der Waals surface area contributed by atoms with Crippen molar-refractivity contribution < 1.29 is 4.79 Å². The van der Waals surface area contributed by atoms with Crippen molar-refractivity contribution in [2.24, 2.45) is 16.4 Å². The van der Waals surface area contributed by atoms with Crippen molar-refractivity contribution in [1.29, 1.82) is 0 Å². The number of Topliss-reactive ketones (excluding diaryl/α,β-unsaturated/α-hetero) is 1. The lowest BCUT2D eigenvalue weighted by Crippen LogP contribution is -2.45. The Bertz CT molecular complexity index is 317. The minimum Gasteiger partial charge on any atom is -0.306 e. The number of carbonyl (C=O) groups excluding carboxylic acids is 1. The fraction of sp³-hybridized carbons (Fsp3) is 0.636. The van der Waals surface area contributed by atoms with Crippen molar-refractivity contribution in [2.75, 3.05) is 0 Å². The zero-order chi connectivity index (χ0) is 10.3. The molecule has 1 aliphatic carbocycles. The quantitative estimate of drug-likeness (QED) is 0.684. The highest BCUT2D eigenvalue weighted by atomic mass is 16.1. The number of carbonyl (C=O) groups is 1. The van der Waals surface area contributed by atoms with Crippen LogP contribution >= 0.6 is 0 Å². The number of rotatable bonds is 1. The monoisotopic (exact) mass is 192 g/mol. The summed E-state index contributed by atoms with van der Waals surface area (Å²) in [5, 5.41) is 4.14. The first-order chi connectivity index (χ1) is 6.53. The summed E-state index contributed by atoms with van der Waals surface area (Å²) in [5.74, 6) is 0.260. The Morgan fingerprint density at radius 2 is 2.36 bits per heavy atom. The summed E-state index contributed by atoms with van der Waals surface area (Å²) < 4.78 is 0. The number of ketones is 1. The largest absolute Gasteiger partial charge is 0.306 e. The molecule has 2 unspecified atom stereocenters. The van der Waals surface area contributed by atoms with Gasteiger partial charge >= 0.3 is 0 Å². The van der Waals surface area contributed by atoms with Gasteiger partial charge in [0.05, 0.1) is 17.7 Å². The molecular formula is C11H16N2O. The Morgan fingerprint density at radius 1 is 1.64 bits per heavy atom. The lowest BCUT2D eigenvalue weighted by Gasteiger charge is -2.35. The summed E-state index contributed by atoms with van der Waals surface area (Å²) >= 11 is 0. The number of nitrogens with zero attached hydrogens (tertiary/aromatic N) is 1. The summed E-state index contributed by atoms with van der Waals surface area (Å²) in [6, 6.07) is 0.194. The number of hydrogen-bond donors (Lipinski definition) is 1. The fourth-order valence-electron chi connectivity index (χ4n) is 2.48. The lowest BCUT2D eigenvalue weighted by molar-refractivity contribution is -0.126. The molecule has 3 nitrogen and oxygen atoms in total. The zero-order valence-electron chi connectivity index (χ0n) is 8.71. The van der Waals surface area contributed by atoms with Crippen molar-refractivity contribution in [3.63, 3.8) is 0 Å². The van der Waals surface area contributed by atoms with Crippen LogP contribution in [0, 0.1) is 11.3 Å². The van der Waals surface area contributed by atoms with Crippen molar-refractivity contribution >= 4 is 11.5 Å². The molecule has 1 saturated carbocycles. The third-order valence-corrected chi connectivity index (χ3v) is 3.06. The van der Waals surface area contributed by atoms with Crippen molar-refractivity contribution in [2.45, 2.75) is 32.7 Å². The predicted molar refractivity (Wildman–Crippen MR) is 56.1 cm³/mol. The summed E-state index contributed by atoms with van der Waals surface area (Å²) in [6.07, 6.45) is 3.35. The van der Waals surface area contributed by atoms with Crippen LogP contribution in [0.3, 0.4) is 0 Å². The van der Waals surface area contributed by atoms with Gasteiger partial charge in [0.15, 0.2) is 0 Å². The van der Waals surface area contributed by atoms with E-state index in [9.17, 15) is 4.79 Å². The van der Waals surface area contributed by atoms with Gasteiger partial charge in [0.1, 0.15) is 5.78 Å². The van der Waals surface area contributed by atoms with Crippen LogP contribution in [0.4, 0.5) is 0 Å². The molecule has 0 amide bonds. The summed E-state index contributed by atoms with van der Waals surface area (Å²) in [4.78, 5) is 11.9. The molecule has 3 heteroatoms. The van der Waals surface area contributed by atoms with E-state index in [0.29, 0.717) is 12.2 Å². The van der Waals surface area contributed by atoms with E-state index in [2.05, 4.69) is 31.0 Å². The normalized spacial score (nSPS) is 34.4. The first-order valence-electron chi connectivity index (χ1n) is 5.02. The van der Waals surface area contributed by atoms with E-state index < -0.39 is 0 Å². The van der Waals surface area contributed by atoms with Crippen molar-refractivity contribution in [3.8, 4) is 0 Å². The van der Waals surface area contributed by atoms with E-state index in [1.807, 2.05) is 0 Å². The van der Waals surface area contributed by atoms with Crippen LogP contribution in [0.5, 0.6) is 0 Å². The van der Waals surface area contributed by atoms with Gasteiger partial charge < -0.3 is 5.43 Å². The Balaban J connectivity index is 2.24. The number of allylic oxidation sites excluding steroid dienone is 1. The first-order valence-corrected chi connectivity index (χ1v) is 5.02. The van der Waals surface area contributed by atoms with Crippen molar-refractivity contribution in [1.82, 2.24) is 5.43 Å². The fourth-order valence-corrected chi connectivity index (χ4v) is 2.48. The van der Waals surface area contributed by atoms with Gasteiger partial charge in [0.25, 0.3) is 0 Å². The lowest BCUT2D eigenvalue weighted by atomic mass is 9.69. The molecule has 1 N–H and O–H groups in total. The minimum absolute atomic E-state index is 0.0412. The molecule has 0 aromatic carbocycles. The molecule has 0 saturated heterocycles. The molecular weight excluding hydrogens is 176 g/mol. The number of hydrazone groups is 1. The van der Waals surface area contributed by atoms with Crippen LogP contribution in [0.1, 0.15) is 26.7 Å². The molecule has 0 aromatic rings. The average Bonchev–Trinajstić information content (AvgIpc) is 2.44. The predicted octanol–water partition coefficient (Wildman–Crippen LogP) is 1.51. The highest BCUT2D eigenvalue weighted by Gasteiger charge is 2.44. The Kier molecular flexibility index (Phi) is 1.98. The maximum atomic E-state index is 11.9. The van der Waals surface area contributed by atoms with E-state index in [1.54, 1.807) is 6.08 Å². The van der Waals surface area contributed by atoms with E-state index in [4.69, 9.17) is 0 Å². The third kappa shape index (κ3) is 1.37. The molecule has 0 spiro atoms. The van der Waals surface area contributed by atoms with Gasteiger partial charge in [-0.15, -0.1) is 0 Å². The van der Waals surface area contributed by atoms with E-state index in [0.717, 1.165) is 12.1 Å². The summed E-state index contributed by atoms with van der Waals surface area (Å²) in [6.45, 7) is 7.95. The second-order valence-corrected chi connectivity index (χ2v) is 4.97. The second kappa shape index (κ2) is 2.94. The SMILES string of the molecule is C=CC1=NNC2CC(C)(C)CC(=O)C12. The number of hydrogen-bond acceptors (Lipinski definition) is 3. The van der Waals surface area contributed by atoms with Gasteiger partial charge in [-0.05, 0) is 17.9 Å². The molecule has 2 atom stereocenters. The van der Waals surface area contributed by atoms with Gasteiger partial charge in [-0.25, -0.2) is 0 Å². The highest BCUT2D eigenvalue weighted by Crippen LogP contribution is 2.38. The molecule has 1 heterocycles. The molecule has 0 bridgehead atoms. The van der Waals surface area contributed by atoms with Gasteiger partial charge in [-0.2, -0.15) is 5.10 Å². The minimum atomic E-state index is -0.0412. The van der Waals surface area contributed by atoms with E-state index in [-0.39, 0.29) is 17.4 Å². The van der Waals surface area contributed by atoms with Gasteiger partial charge in [-0.3, -0.25) is 4.79 Å². The number of nitrogens with one attached hydrogen (secondary N) is 1. The Labute approximate surface area is 84.3 Å². The van der Waals surface area contributed by atoms with E-state index >= 15 is 0 Å². The van der Waals surface area contributed by atoms with Crippen LogP contribution in [0.25, 0.3) is 0 Å². The topological polar surface area (TPSA) is 41.5 Å². The molecule has 1 aliphatic heterocycles. The maximum Gasteiger partial charge on any atom is 0.144 e. The molecule has 76 valence electrons. The molecule has 2 aliphatic rings.